The van der Waals surface area contributed by atoms with Gasteiger partial charge in [0, 0.05) is 5.56 Å². The number of carboxylic acid groups (broad SMARTS) is 1. The highest BCUT2D eigenvalue weighted by Gasteiger charge is 2.16. The molecule has 1 unspecified atom stereocenters. The van der Waals surface area contributed by atoms with Crippen molar-refractivity contribution in [2.24, 2.45) is 5.73 Å². The first-order chi connectivity index (χ1) is 12.9. The van der Waals surface area contributed by atoms with E-state index in [1.807, 2.05) is 30.3 Å². The second-order valence-electron chi connectivity index (χ2n) is 5.84. The number of hydrogen-bond donors (Lipinski definition) is 2. The van der Waals surface area contributed by atoms with Crippen LogP contribution in [0.2, 0.25) is 10.0 Å². The van der Waals surface area contributed by atoms with Gasteiger partial charge in [0.05, 0.1) is 10.0 Å². The van der Waals surface area contributed by atoms with Crippen molar-refractivity contribution in [1.82, 2.24) is 4.98 Å². The third kappa shape index (κ3) is 4.80. The van der Waals surface area contributed by atoms with Crippen molar-refractivity contribution in [2.75, 3.05) is 0 Å². The van der Waals surface area contributed by atoms with Crippen molar-refractivity contribution in [3.8, 4) is 17.2 Å². The molecule has 140 valence electrons. The van der Waals surface area contributed by atoms with E-state index in [0.717, 1.165) is 5.56 Å². The topological polar surface area (TPSA) is 98.6 Å². The highest BCUT2D eigenvalue weighted by atomic mass is 35.5. The van der Waals surface area contributed by atoms with E-state index in [1.54, 1.807) is 12.1 Å². The summed E-state index contributed by atoms with van der Waals surface area (Å²) in [5.41, 5.74) is 7.59. The molecule has 0 aliphatic carbocycles. The maximum Gasteiger partial charge on any atom is 0.320 e. The molecule has 0 saturated carbocycles. The Bertz CT molecular complexity index is 921. The smallest absolute Gasteiger partial charge is 0.320 e. The predicted octanol–water partition coefficient (Wildman–Crippen LogP) is 4.18. The van der Waals surface area contributed by atoms with Gasteiger partial charge in [0.1, 0.15) is 24.6 Å². The number of nitrogens with two attached hydrogens (primary N) is 1. The standard InChI is InChI=1S/C19H16Cl2N2O4/c20-14-6-11(8-16(22)19(24)25)7-15(21)17(14)26-9-13-10-27-18(23-13)12-4-2-1-3-5-12/h1-7,10,16H,8-9,22H2,(H,24,25). The number of carbonyl (C=O) groups is 1. The van der Waals surface area contributed by atoms with Crippen LogP contribution < -0.4 is 10.5 Å². The van der Waals surface area contributed by atoms with Gasteiger partial charge in [-0.2, -0.15) is 0 Å². The lowest BCUT2D eigenvalue weighted by Crippen LogP contribution is -2.32. The van der Waals surface area contributed by atoms with E-state index in [9.17, 15) is 4.79 Å². The molecule has 6 nitrogen and oxygen atoms in total. The van der Waals surface area contributed by atoms with E-state index in [4.69, 9.17) is 43.2 Å². The van der Waals surface area contributed by atoms with Gasteiger partial charge in [0.15, 0.2) is 5.75 Å². The van der Waals surface area contributed by atoms with Crippen molar-refractivity contribution in [2.45, 2.75) is 19.1 Å². The molecule has 0 aliphatic rings. The molecule has 27 heavy (non-hydrogen) atoms. The average Bonchev–Trinajstić information content (AvgIpc) is 3.10. The highest BCUT2D eigenvalue weighted by Crippen LogP contribution is 2.35. The van der Waals surface area contributed by atoms with Crippen molar-refractivity contribution in [3.05, 3.63) is 70.0 Å². The van der Waals surface area contributed by atoms with E-state index in [0.29, 0.717) is 17.1 Å². The summed E-state index contributed by atoms with van der Waals surface area (Å²) in [7, 11) is 0. The zero-order valence-corrected chi connectivity index (χ0v) is 15.6. The van der Waals surface area contributed by atoms with E-state index >= 15 is 0 Å². The number of benzene rings is 2. The van der Waals surface area contributed by atoms with E-state index < -0.39 is 12.0 Å². The second-order valence-corrected chi connectivity index (χ2v) is 6.65. The van der Waals surface area contributed by atoms with Crippen molar-refractivity contribution in [1.29, 1.82) is 0 Å². The monoisotopic (exact) mass is 406 g/mol. The lowest BCUT2D eigenvalue weighted by molar-refractivity contribution is -0.138. The van der Waals surface area contributed by atoms with Gasteiger partial charge < -0.3 is 20.0 Å². The molecule has 0 aliphatic heterocycles. The fourth-order valence-corrected chi connectivity index (χ4v) is 3.08. The maximum atomic E-state index is 10.9. The quantitative estimate of drug-likeness (QED) is 0.610. The average molecular weight is 407 g/mol. The van der Waals surface area contributed by atoms with Gasteiger partial charge in [0.2, 0.25) is 5.89 Å². The first kappa shape index (κ1) is 19.2. The van der Waals surface area contributed by atoms with Crippen LogP contribution in [0, 0.1) is 0 Å². The van der Waals surface area contributed by atoms with Gasteiger partial charge in [-0.25, -0.2) is 4.98 Å². The number of carboxylic acids is 1. The Hall–Kier alpha value is -2.54. The molecule has 0 saturated heterocycles. The van der Waals surface area contributed by atoms with Crippen molar-refractivity contribution in [3.63, 3.8) is 0 Å². The lowest BCUT2D eigenvalue weighted by Gasteiger charge is -2.12. The number of oxazole rings is 1. The Kier molecular flexibility index (Phi) is 6.01. The summed E-state index contributed by atoms with van der Waals surface area (Å²) in [4.78, 5) is 15.2. The predicted molar refractivity (Wildman–Crippen MR) is 102 cm³/mol. The fourth-order valence-electron chi connectivity index (χ4n) is 2.44. The molecule has 3 aromatic rings. The summed E-state index contributed by atoms with van der Waals surface area (Å²) < 4.78 is 11.1. The first-order valence-electron chi connectivity index (χ1n) is 8.03. The zero-order chi connectivity index (χ0) is 19.4. The van der Waals surface area contributed by atoms with Gasteiger partial charge >= 0.3 is 5.97 Å². The van der Waals surface area contributed by atoms with E-state index in [2.05, 4.69) is 4.98 Å². The first-order valence-corrected chi connectivity index (χ1v) is 8.78. The molecule has 3 rings (SSSR count). The molecule has 3 N–H and O–H groups in total. The molecular formula is C19H16Cl2N2O4. The normalized spacial score (nSPS) is 12.0. The number of aromatic nitrogens is 1. The van der Waals surface area contributed by atoms with Crippen LogP contribution in [0.5, 0.6) is 5.75 Å². The SMILES string of the molecule is NC(Cc1cc(Cl)c(OCc2coc(-c3ccccc3)n2)c(Cl)c1)C(=O)O. The highest BCUT2D eigenvalue weighted by molar-refractivity contribution is 6.37. The minimum atomic E-state index is -1.09. The van der Waals surface area contributed by atoms with Gasteiger partial charge in [-0.15, -0.1) is 0 Å². The lowest BCUT2D eigenvalue weighted by atomic mass is 10.1. The largest absolute Gasteiger partial charge is 0.484 e. The van der Waals surface area contributed by atoms with Crippen molar-refractivity contribution >= 4 is 29.2 Å². The molecular weight excluding hydrogens is 391 g/mol. The molecule has 2 aromatic carbocycles. The van der Waals surface area contributed by atoms with Crippen LogP contribution in [-0.2, 0) is 17.8 Å². The second kappa shape index (κ2) is 8.43. The van der Waals surface area contributed by atoms with Gasteiger partial charge in [-0.1, -0.05) is 41.4 Å². The molecule has 0 spiro atoms. The third-order valence-corrected chi connectivity index (χ3v) is 4.33. The molecule has 8 heteroatoms. The van der Waals surface area contributed by atoms with Gasteiger partial charge in [-0.3, -0.25) is 4.79 Å². The minimum absolute atomic E-state index is 0.110. The summed E-state index contributed by atoms with van der Waals surface area (Å²) in [6, 6.07) is 11.6. The summed E-state index contributed by atoms with van der Waals surface area (Å²) in [5, 5.41) is 9.43. The Labute approximate surface area is 165 Å². The van der Waals surface area contributed by atoms with Crippen LogP contribution in [0.3, 0.4) is 0 Å². The Balaban J connectivity index is 1.69. The van der Waals surface area contributed by atoms with E-state index in [-0.39, 0.29) is 28.8 Å². The fraction of sp³-hybridized carbons (Fsp3) is 0.158. The van der Waals surface area contributed by atoms with Gasteiger partial charge in [0.25, 0.3) is 0 Å². The third-order valence-electron chi connectivity index (χ3n) is 3.77. The van der Waals surface area contributed by atoms with Crippen LogP contribution in [0.1, 0.15) is 11.3 Å². The van der Waals surface area contributed by atoms with E-state index in [1.165, 1.54) is 6.26 Å². The summed E-state index contributed by atoms with van der Waals surface area (Å²) in [6.45, 7) is 0.115. The Morgan fingerprint density at radius 1 is 1.22 bits per heavy atom. The number of nitrogens with zero attached hydrogens (tertiary/aromatic N) is 1. The van der Waals surface area contributed by atoms with Crippen LogP contribution in [-0.4, -0.2) is 22.1 Å². The molecule has 1 atom stereocenters. The van der Waals surface area contributed by atoms with Crippen LogP contribution >= 0.6 is 23.2 Å². The van der Waals surface area contributed by atoms with Gasteiger partial charge in [-0.05, 0) is 36.2 Å². The van der Waals surface area contributed by atoms with Crippen molar-refractivity contribution < 1.29 is 19.1 Å². The number of hydrogen-bond acceptors (Lipinski definition) is 5. The molecule has 0 bridgehead atoms. The van der Waals surface area contributed by atoms with Crippen LogP contribution in [0.25, 0.3) is 11.5 Å². The molecule has 0 fully saturated rings. The summed E-state index contributed by atoms with van der Waals surface area (Å²) >= 11 is 12.4. The number of rotatable bonds is 7. The summed E-state index contributed by atoms with van der Waals surface area (Å²) in [5.74, 6) is -0.317. The molecule has 1 aromatic heterocycles. The molecule has 0 radical (unpaired) electrons. The zero-order valence-electron chi connectivity index (χ0n) is 14.1. The molecule has 0 amide bonds. The molecule has 1 heterocycles. The number of ether oxygens (including phenoxy) is 1. The van der Waals surface area contributed by atoms with Crippen LogP contribution in [0.15, 0.2) is 53.1 Å². The maximum absolute atomic E-state index is 10.9. The number of halogens is 2. The summed E-state index contributed by atoms with van der Waals surface area (Å²) in [6.07, 6.45) is 1.61. The Morgan fingerprint density at radius 3 is 2.52 bits per heavy atom. The number of aliphatic carboxylic acids is 1. The van der Waals surface area contributed by atoms with Crippen LogP contribution in [0.4, 0.5) is 0 Å². The minimum Gasteiger partial charge on any atom is -0.484 e. The Morgan fingerprint density at radius 2 is 1.89 bits per heavy atom.